The lowest BCUT2D eigenvalue weighted by Gasteiger charge is -2.29. The van der Waals surface area contributed by atoms with Crippen molar-refractivity contribution in [1.82, 2.24) is 5.32 Å². The maximum Gasteiger partial charge on any atom is 0.319 e. The number of benzene rings is 1. The van der Waals surface area contributed by atoms with Gasteiger partial charge in [-0.1, -0.05) is 25.8 Å². The Bertz CT molecular complexity index is 434. The van der Waals surface area contributed by atoms with Gasteiger partial charge in [0.15, 0.2) is 0 Å². The van der Waals surface area contributed by atoms with Crippen LogP contribution in [0.5, 0.6) is 5.75 Å². The predicted molar refractivity (Wildman–Crippen MR) is 76.6 cm³/mol. The monoisotopic (exact) mass is 262 g/mol. The molecule has 0 spiro atoms. The molecule has 1 fully saturated rings. The van der Waals surface area contributed by atoms with Crippen molar-refractivity contribution in [2.24, 2.45) is 5.92 Å². The number of rotatable bonds is 3. The Morgan fingerprint density at radius 1 is 1.32 bits per heavy atom. The summed E-state index contributed by atoms with van der Waals surface area (Å²) in [6, 6.07) is 7.53. The molecule has 2 atom stereocenters. The van der Waals surface area contributed by atoms with Gasteiger partial charge in [0.2, 0.25) is 0 Å². The van der Waals surface area contributed by atoms with E-state index in [-0.39, 0.29) is 6.03 Å². The average Bonchev–Trinajstić information content (AvgIpc) is 2.41. The molecular formula is C15H22N2O2. The maximum absolute atomic E-state index is 12.0. The Balaban J connectivity index is 1.89. The molecule has 2 rings (SSSR count). The number of hydrogen-bond acceptors (Lipinski definition) is 2. The molecule has 1 saturated carbocycles. The molecule has 19 heavy (non-hydrogen) atoms. The zero-order chi connectivity index (χ0) is 13.7. The Kier molecular flexibility index (Phi) is 4.66. The number of methoxy groups -OCH3 is 1. The Morgan fingerprint density at radius 2 is 2.11 bits per heavy atom. The molecule has 104 valence electrons. The summed E-state index contributed by atoms with van der Waals surface area (Å²) in [5.74, 6) is 1.30. The molecule has 4 heteroatoms. The third-order valence-corrected chi connectivity index (χ3v) is 3.76. The van der Waals surface area contributed by atoms with Crippen LogP contribution in [0.4, 0.5) is 10.5 Å². The summed E-state index contributed by atoms with van der Waals surface area (Å²) in [6.07, 6.45) is 4.75. The first kappa shape index (κ1) is 13.7. The van der Waals surface area contributed by atoms with E-state index in [1.165, 1.54) is 19.3 Å². The topological polar surface area (TPSA) is 50.4 Å². The Morgan fingerprint density at radius 3 is 2.84 bits per heavy atom. The van der Waals surface area contributed by atoms with Crippen molar-refractivity contribution in [2.45, 2.75) is 38.6 Å². The molecule has 1 aromatic rings. The molecule has 1 aromatic carbocycles. The Labute approximate surface area is 114 Å². The number of hydrogen-bond donors (Lipinski definition) is 2. The summed E-state index contributed by atoms with van der Waals surface area (Å²) in [4.78, 5) is 12.0. The normalized spacial score (nSPS) is 22.6. The highest BCUT2D eigenvalue weighted by Gasteiger charge is 2.22. The largest absolute Gasteiger partial charge is 0.497 e. The van der Waals surface area contributed by atoms with Crippen LogP contribution in [0, 0.1) is 5.92 Å². The minimum absolute atomic E-state index is 0.132. The number of carbonyl (C=O) groups is 1. The van der Waals surface area contributed by atoms with Gasteiger partial charge in [0.05, 0.1) is 7.11 Å². The van der Waals surface area contributed by atoms with Crippen molar-refractivity contribution in [1.29, 1.82) is 0 Å². The standard InChI is InChI=1S/C15H22N2O2/c1-11-6-3-4-9-14(11)17-15(18)16-12-7-5-8-13(10-12)19-2/h5,7-8,10-11,14H,3-4,6,9H2,1-2H3,(H2,16,17,18)/t11-,14-/m1/s1. The summed E-state index contributed by atoms with van der Waals surface area (Å²) in [5, 5.41) is 5.92. The van der Waals surface area contributed by atoms with Crippen molar-refractivity contribution >= 4 is 11.7 Å². The number of urea groups is 1. The molecule has 0 bridgehead atoms. The Hall–Kier alpha value is -1.71. The van der Waals surface area contributed by atoms with Crippen LogP contribution >= 0.6 is 0 Å². The molecular weight excluding hydrogens is 240 g/mol. The van der Waals surface area contributed by atoms with E-state index in [1.807, 2.05) is 24.3 Å². The molecule has 0 aromatic heterocycles. The zero-order valence-corrected chi connectivity index (χ0v) is 11.6. The number of amides is 2. The molecule has 1 aliphatic carbocycles. The summed E-state index contributed by atoms with van der Waals surface area (Å²) >= 11 is 0. The number of anilines is 1. The summed E-state index contributed by atoms with van der Waals surface area (Å²) < 4.78 is 5.13. The van der Waals surface area contributed by atoms with Gasteiger partial charge >= 0.3 is 6.03 Å². The quantitative estimate of drug-likeness (QED) is 0.877. The second kappa shape index (κ2) is 6.45. The fraction of sp³-hybridized carbons (Fsp3) is 0.533. The lowest BCUT2D eigenvalue weighted by Crippen LogP contribution is -2.43. The highest BCUT2D eigenvalue weighted by molar-refractivity contribution is 5.89. The van der Waals surface area contributed by atoms with E-state index in [1.54, 1.807) is 7.11 Å². The van der Waals surface area contributed by atoms with E-state index >= 15 is 0 Å². The number of carbonyl (C=O) groups excluding carboxylic acids is 1. The molecule has 0 saturated heterocycles. The SMILES string of the molecule is COc1cccc(NC(=O)N[C@@H]2CCCC[C@H]2C)c1. The van der Waals surface area contributed by atoms with E-state index in [9.17, 15) is 4.79 Å². The average molecular weight is 262 g/mol. The second-order valence-electron chi connectivity index (χ2n) is 5.20. The van der Waals surface area contributed by atoms with E-state index in [0.717, 1.165) is 17.9 Å². The van der Waals surface area contributed by atoms with Crippen molar-refractivity contribution in [3.8, 4) is 5.75 Å². The van der Waals surface area contributed by atoms with Crippen molar-refractivity contribution in [2.75, 3.05) is 12.4 Å². The van der Waals surface area contributed by atoms with Crippen molar-refractivity contribution < 1.29 is 9.53 Å². The van der Waals surface area contributed by atoms with E-state index in [4.69, 9.17) is 4.74 Å². The first-order chi connectivity index (χ1) is 9.19. The van der Waals surface area contributed by atoms with Gasteiger partial charge in [-0.2, -0.15) is 0 Å². The first-order valence-corrected chi connectivity index (χ1v) is 6.90. The lowest BCUT2D eigenvalue weighted by atomic mass is 9.86. The van der Waals surface area contributed by atoms with Gasteiger partial charge in [0, 0.05) is 17.8 Å². The zero-order valence-electron chi connectivity index (χ0n) is 11.6. The fourth-order valence-corrected chi connectivity index (χ4v) is 2.57. The van der Waals surface area contributed by atoms with Gasteiger partial charge in [0.1, 0.15) is 5.75 Å². The smallest absolute Gasteiger partial charge is 0.319 e. The third kappa shape index (κ3) is 3.88. The van der Waals surface area contributed by atoms with E-state index in [2.05, 4.69) is 17.6 Å². The molecule has 0 radical (unpaired) electrons. The number of ether oxygens (including phenoxy) is 1. The molecule has 2 amide bonds. The number of nitrogens with one attached hydrogen (secondary N) is 2. The molecule has 2 N–H and O–H groups in total. The van der Waals surface area contributed by atoms with Crippen LogP contribution in [0.15, 0.2) is 24.3 Å². The molecule has 1 aliphatic rings. The van der Waals surface area contributed by atoms with Crippen LogP contribution in [0.3, 0.4) is 0 Å². The van der Waals surface area contributed by atoms with Gasteiger partial charge in [-0.05, 0) is 30.9 Å². The summed E-state index contributed by atoms with van der Waals surface area (Å²) in [5.41, 5.74) is 0.750. The maximum atomic E-state index is 12.0. The first-order valence-electron chi connectivity index (χ1n) is 6.90. The molecule has 4 nitrogen and oxygen atoms in total. The minimum atomic E-state index is -0.132. The van der Waals surface area contributed by atoms with Crippen LogP contribution in [0.2, 0.25) is 0 Å². The van der Waals surface area contributed by atoms with Crippen molar-refractivity contribution in [3.05, 3.63) is 24.3 Å². The van der Waals surface area contributed by atoms with Crippen LogP contribution in [-0.4, -0.2) is 19.2 Å². The molecule has 0 aliphatic heterocycles. The van der Waals surface area contributed by atoms with Gasteiger partial charge in [0.25, 0.3) is 0 Å². The molecule has 0 heterocycles. The van der Waals surface area contributed by atoms with Crippen LogP contribution in [0.25, 0.3) is 0 Å². The lowest BCUT2D eigenvalue weighted by molar-refractivity contribution is 0.232. The van der Waals surface area contributed by atoms with E-state index in [0.29, 0.717) is 12.0 Å². The van der Waals surface area contributed by atoms with Crippen LogP contribution in [0.1, 0.15) is 32.6 Å². The second-order valence-corrected chi connectivity index (χ2v) is 5.20. The third-order valence-electron chi connectivity index (χ3n) is 3.76. The highest BCUT2D eigenvalue weighted by Crippen LogP contribution is 2.24. The van der Waals surface area contributed by atoms with Gasteiger partial charge in [-0.3, -0.25) is 0 Å². The minimum Gasteiger partial charge on any atom is -0.497 e. The van der Waals surface area contributed by atoms with Gasteiger partial charge < -0.3 is 15.4 Å². The summed E-state index contributed by atoms with van der Waals surface area (Å²) in [6.45, 7) is 2.20. The fourth-order valence-electron chi connectivity index (χ4n) is 2.57. The van der Waals surface area contributed by atoms with Crippen LogP contribution in [-0.2, 0) is 0 Å². The van der Waals surface area contributed by atoms with Gasteiger partial charge in [-0.15, -0.1) is 0 Å². The summed E-state index contributed by atoms with van der Waals surface area (Å²) in [7, 11) is 1.61. The van der Waals surface area contributed by atoms with Gasteiger partial charge in [-0.25, -0.2) is 4.79 Å². The highest BCUT2D eigenvalue weighted by atomic mass is 16.5. The molecule has 0 unspecified atom stereocenters. The van der Waals surface area contributed by atoms with Crippen molar-refractivity contribution in [3.63, 3.8) is 0 Å². The van der Waals surface area contributed by atoms with Crippen LogP contribution < -0.4 is 15.4 Å². The predicted octanol–water partition coefficient (Wildman–Crippen LogP) is 3.40. The van der Waals surface area contributed by atoms with E-state index < -0.39 is 0 Å².